The Labute approximate surface area is 80.0 Å². The third-order valence-electron chi connectivity index (χ3n) is 2.99. The van der Waals surface area contributed by atoms with Gasteiger partial charge >= 0.3 is 0 Å². The molecule has 1 saturated carbocycles. The molecule has 0 unspecified atom stereocenters. The van der Waals surface area contributed by atoms with Crippen LogP contribution < -0.4 is 5.73 Å². The van der Waals surface area contributed by atoms with Crippen LogP contribution in [0, 0.1) is 6.92 Å². The predicted molar refractivity (Wildman–Crippen MR) is 55.7 cm³/mol. The fourth-order valence-electron chi connectivity index (χ4n) is 2.24. The fourth-order valence-corrected chi connectivity index (χ4v) is 2.24. The van der Waals surface area contributed by atoms with Gasteiger partial charge < -0.3 is 5.73 Å². The molecule has 1 heteroatoms. The van der Waals surface area contributed by atoms with Crippen molar-refractivity contribution in [1.82, 2.24) is 0 Å². The molecule has 1 aliphatic rings. The Hall–Kier alpha value is -0.820. The van der Waals surface area contributed by atoms with Gasteiger partial charge in [0.1, 0.15) is 0 Å². The number of rotatable bonds is 1. The molecule has 1 nitrogen and oxygen atoms in total. The van der Waals surface area contributed by atoms with Gasteiger partial charge in [-0.25, -0.2) is 0 Å². The van der Waals surface area contributed by atoms with E-state index in [9.17, 15) is 0 Å². The third kappa shape index (κ3) is 1.92. The Bertz CT molecular complexity index is 293. The van der Waals surface area contributed by atoms with Crippen LogP contribution in [0.1, 0.15) is 36.3 Å². The van der Waals surface area contributed by atoms with Gasteiger partial charge in [-0.15, -0.1) is 0 Å². The first kappa shape index (κ1) is 8.76. The number of hydrogen-bond donors (Lipinski definition) is 1. The van der Waals surface area contributed by atoms with Gasteiger partial charge in [-0.3, -0.25) is 0 Å². The zero-order valence-corrected chi connectivity index (χ0v) is 8.16. The van der Waals surface area contributed by atoms with E-state index in [1.54, 1.807) is 0 Å². The summed E-state index contributed by atoms with van der Waals surface area (Å²) in [6.07, 6.45) is 3.63. The highest BCUT2D eigenvalue weighted by atomic mass is 14.6. The fraction of sp³-hybridized carbons (Fsp3) is 0.500. The van der Waals surface area contributed by atoms with Crippen molar-refractivity contribution >= 4 is 0 Å². The highest BCUT2D eigenvalue weighted by Gasteiger charge is 2.22. The molecule has 1 aromatic rings. The van der Waals surface area contributed by atoms with E-state index in [0.717, 1.165) is 5.92 Å². The molecule has 0 saturated heterocycles. The molecule has 13 heavy (non-hydrogen) atoms. The Morgan fingerprint density at radius 3 is 2.77 bits per heavy atom. The van der Waals surface area contributed by atoms with Gasteiger partial charge in [0.25, 0.3) is 0 Å². The molecule has 0 spiro atoms. The molecule has 1 aromatic carbocycles. The molecule has 2 rings (SSSR count). The van der Waals surface area contributed by atoms with E-state index in [1.165, 1.54) is 30.4 Å². The molecule has 1 aliphatic carbocycles. The summed E-state index contributed by atoms with van der Waals surface area (Å²) in [7, 11) is 0. The summed E-state index contributed by atoms with van der Waals surface area (Å²) in [6, 6.07) is 9.26. The molecule has 0 heterocycles. The minimum atomic E-state index is 0.436. The lowest BCUT2D eigenvalue weighted by Gasteiger charge is -2.10. The van der Waals surface area contributed by atoms with Crippen molar-refractivity contribution in [1.29, 1.82) is 0 Å². The van der Waals surface area contributed by atoms with E-state index in [2.05, 4.69) is 31.2 Å². The molecule has 1 fully saturated rings. The summed E-state index contributed by atoms with van der Waals surface area (Å²) in [5.74, 6) is 0.717. The normalized spacial score (nSPS) is 27.8. The van der Waals surface area contributed by atoms with Gasteiger partial charge in [0.05, 0.1) is 0 Å². The summed E-state index contributed by atoms with van der Waals surface area (Å²) >= 11 is 0. The Balaban J connectivity index is 2.16. The number of nitrogens with two attached hydrogens (primary N) is 1. The predicted octanol–water partition coefficient (Wildman–Crippen LogP) is 2.59. The Morgan fingerprint density at radius 1 is 1.31 bits per heavy atom. The van der Waals surface area contributed by atoms with Gasteiger partial charge in [-0.05, 0) is 37.7 Å². The molecule has 0 radical (unpaired) electrons. The molecule has 0 amide bonds. The van der Waals surface area contributed by atoms with Crippen molar-refractivity contribution in [2.45, 2.75) is 38.1 Å². The SMILES string of the molecule is Cc1cccc([C@@H]2CC[C@H](N)C2)c1. The van der Waals surface area contributed by atoms with Crippen LogP contribution in [-0.4, -0.2) is 6.04 Å². The Morgan fingerprint density at radius 2 is 2.15 bits per heavy atom. The minimum Gasteiger partial charge on any atom is -0.328 e. The first-order chi connectivity index (χ1) is 6.25. The largest absolute Gasteiger partial charge is 0.328 e. The summed E-state index contributed by atoms with van der Waals surface area (Å²) in [5.41, 5.74) is 8.74. The van der Waals surface area contributed by atoms with Crippen LogP contribution in [0.3, 0.4) is 0 Å². The third-order valence-corrected chi connectivity index (χ3v) is 2.99. The maximum absolute atomic E-state index is 5.90. The van der Waals surface area contributed by atoms with E-state index in [4.69, 9.17) is 5.73 Å². The van der Waals surface area contributed by atoms with E-state index >= 15 is 0 Å². The zero-order valence-electron chi connectivity index (χ0n) is 8.16. The smallest absolute Gasteiger partial charge is 0.00448 e. The van der Waals surface area contributed by atoms with Crippen LogP contribution in [0.5, 0.6) is 0 Å². The molecule has 70 valence electrons. The molecule has 0 aliphatic heterocycles. The average molecular weight is 175 g/mol. The highest BCUT2D eigenvalue weighted by molar-refractivity contribution is 5.26. The van der Waals surface area contributed by atoms with Crippen molar-refractivity contribution in [3.63, 3.8) is 0 Å². The second-order valence-electron chi connectivity index (χ2n) is 4.18. The monoisotopic (exact) mass is 175 g/mol. The van der Waals surface area contributed by atoms with Crippen LogP contribution in [0.15, 0.2) is 24.3 Å². The second kappa shape index (κ2) is 3.51. The van der Waals surface area contributed by atoms with Crippen molar-refractivity contribution in [2.75, 3.05) is 0 Å². The van der Waals surface area contributed by atoms with Gasteiger partial charge in [0.2, 0.25) is 0 Å². The van der Waals surface area contributed by atoms with Gasteiger partial charge in [-0.2, -0.15) is 0 Å². The van der Waals surface area contributed by atoms with Crippen molar-refractivity contribution in [2.24, 2.45) is 5.73 Å². The average Bonchev–Trinajstić information content (AvgIpc) is 2.52. The number of hydrogen-bond acceptors (Lipinski definition) is 1. The first-order valence-electron chi connectivity index (χ1n) is 5.08. The maximum Gasteiger partial charge on any atom is 0.00448 e. The summed E-state index contributed by atoms with van der Waals surface area (Å²) in [5, 5.41) is 0. The van der Waals surface area contributed by atoms with Crippen LogP contribution in [-0.2, 0) is 0 Å². The number of benzene rings is 1. The van der Waals surface area contributed by atoms with Crippen molar-refractivity contribution in [3.05, 3.63) is 35.4 Å². The van der Waals surface area contributed by atoms with Crippen molar-refractivity contribution in [3.8, 4) is 0 Å². The maximum atomic E-state index is 5.90. The minimum absolute atomic E-state index is 0.436. The molecular formula is C12H17N. The standard InChI is InChI=1S/C12H17N/c1-9-3-2-4-10(7-9)11-5-6-12(13)8-11/h2-4,7,11-12H,5-6,8,13H2,1H3/t11-,12+/m1/s1. The van der Waals surface area contributed by atoms with Crippen LogP contribution in [0.4, 0.5) is 0 Å². The van der Waals surface area contributed by atoms with Crippen LogP contribution in [0.2, 0.25) is 0 Å². The van der Waals surface area contributed by atoms with E-state index in [-0.39, 0.29) is 0 Å². The number of aryl methyl sites for hydroxylation is 1. The van der Waals surface area contributed by atoms with Gasteiger partial charge in [0.15, 0.2) is 0 Å². The highest BCUT2D eigenvalue weighted by Crippen LogP contribution is 2.33. The second-order valence-corrected chi connectivity index (χ2v) is 4.18. The van der Waals surface area contributed by atoms with Crippen molar-refractivity contribution < 1.29 is 0 Å². The summed E-state index contributed by atoms with van der Waals surface area (Å²) < 4.78 is 0. The summed E-state index contributed by atoms with van der Waals surface area (Å²) in [4.78, 5) is 0. The quantitative estimate of drug-likeness (QED) is 0.697. The van der Waals surface area contributed by atoms with Gasteiger partial charge in [0, 0.05) is 6.04 Å². The lowest BCUT2D eigenvalue weighted by atomic mass is 9.96. The molecule has 2 atom stereocenters. The first-order valence-corrected chi connectivity index (χ1v) is 5.08. The zero-order chi connectivity index (χ0) is 9.26. The lowest BCUT2D eigenvalue weighted by Crippen LogP contribution is -2.14. The lowest BCUT2D eigenvalue weighted by molar-refractivity contribution is 0.674. The van der Waals surface area contributed by atoms with E-state index < -0.39 is 0 Å². The summed E-state index contributed by atoms with van der Waals surface area (Å²) in [6.45, 7) is 2.15. The van der Waals surface area contributed by atoms with Crippen LogP contribution in [0.25, 0.3) is 0 Å². The molecule has 2 N–H and O–H groups in total. The van der Waals surface area contributed by atoms with E-state index in [1.807, 2.05) is 0 Å². The topological polar surface area (TPSA) is 26.0 Å². The molecule has 0 aromatic heterocycles. The van der Waals surface area contributed by atoms with E-state index in [0.29, 0.717) is 6.04 Å². The molecule has 0 bridgehead atoms. The van der Waals surface area contributed by atoms with Gasteiger partial charge in [-0.1, -0.05) is 29.8 Å². The Kier molecular flexibility index (Phi) is 2.36. The molecular weight excluding hydrogens is 158 g/mol. The van der Waals surface area contributed by atoms with Crippen LogP contribution >= 0.6 is 0 Å².